The third-order valence-electron chi connectivity index (χ3n) is 5.09. The molecule has 0 spiro atoms. The lowest BCUT2D eigenvalue weighted by Gasteiger charge is -2.32. The highest BCUT2D eigenvalue weighted by Gasteiger charge is 2.26. The average molecular weight is 474 g/mol. The highest BCUT2D eigenvalue weighted by atomic mass is 32.2. The van der Waals surface area contributed by atoms with Gasteiger partial charge in [-0.25, -0.2) is 9.97 Å². The van der Waals surface area contributed by atoms with Crippen LogP contribution < -0.4 is 4.74 Å². The van der Waals surface area contributed by atoms with Crippen LogP contribution in [0.2, 0.25) is 0 Å². The van der Waals surface area contributed by atoms with Gasteiger partial charge in [0, 0.05) is 16.8 Å². The summed E-state index contributed by atoms with van der Waals surface area (Å²) in [6.45, 7) is 2.55. The maximum atomic E-state index is 12.9. The first-order valence-corrected chi connectivity index (χ1v) is 11.9. The van der Waals surface area contributed by atoms with E-state index >= 15 is 0 Å². The van der Waals surface area contributed by atoms with E-state index in [1.807, 2.05) is 31.2 Å². The van der Waals surface area contributed by atoms with E-state index in [2.05, 4.69) is 9.97 Å². The summed E-state index contributed by atoms with van der Waals surface area (Å²) in [5.41, 5.74) is 0.808. The third-order valence-corrected chi connectivity index (χ3v) is 7.30. The Morgan fingerprint density at radius 2 is 2.16 bits per heavy atom. The Morgan fingerprint density at radius 3 is 2.94 bits per heavy atom. The fourth-order valence-electron chi connectivity index (χ4n) is 3.46. The van der Waals surface area contributed by atoms with Crippen LogP contribution in [0.4, 0.5) is 0 Å². The molecule has 1 aliphatic heterocycles. The lowest BCUT2D eigenvalue weighted by Crippen LogP contribution is -2.43. The molecule has 0 bridgehead atoms. The Balaban J connectivity index is 1.46. The Kier molecular flexibility index (Phi) is 7.04. The molecule has 168 valence electrons. The molecule has 3 heterocycles. The van der Waals surface area contributed by atoms with Crippen LogP contribution in [0.3, 0.4) is 0 Å². The second-order valence-electron chi connectivity index (χ2n) is 7.23. The number of fused-ring (bicyclic) bond motifs is 1. The molecule has 3 aromatic rings. The summed E-state index contributed by atoms with van der Waals surface area (Å²) in [4.78, 5) is 36.7. The van der Waals surface area contributed by atoms with Gasteiger partial charge in [-0.1, -0.05) is 11.8 Å². The number of methoxy groups -OCH3 is 1. The number of aliphatic hydroxyl groups is 1. The predicted molar refractivity (Wildman–Crippen MR) is 123 cm³/mol. The van der Waals surface area contributed by atoms with Crippen LogP contribution in [0.1, 0.15) is 26.5 Å². The average Bonchev–Trinajstić information content (AvgIpc) is 3.32. The molecule has 4 rings (SSSR count). The summed E-state index contributed by atoms with van der Waals surface area (Å²) in [5, 5.41) is 10.7. The first-order chi connectivity index (χ1) is 15.5. The summed E-state index contributed by atoms with van der Waals surface area (Å²) in [7, 11) is 1.61. The minimum atomic E-state index is -0.513. The summed E-state index contributed by atoms with van der Waals surface area (Å²) in [6, 6.07) is 9.28. The van der Waals surface area contributed by atoms with Crippen LogP contribution in [-0.4, -0.2) is 70.8 Å². The maximum Gasteiger partial charge on any atom is 0.248 e. The Bertz CT molecular complexity index is 1150. The number of ketones is 1. The van der Waals surface area contributed by atoms with Crippen molar-refractivity contribution in [1.82, 2.24) is 14.9 Å². The topological polar surface area (TPSA) is 102 Å². The van der Waals surface area contributed by atoms with E-state index in [4.69, 9.17) is 14.6 Å². The number of hydrogen-bond donors (Lipinski definition) is 1. The lowest BCUT2D eigenvalue weighted by molar-refractivity contribution is -0.141. The quantitative estimate of drug-likeness (QED) is 0.318. The van der Waals surface area contributed by atoms with Gasteiger partial charge >= 0.3 is 0 Å². The number of thioether (sulfide) groups is 1. The summed E-state index contributed by atoms with van der Waals surface area (Å²) >= 11 is 2.75. The number of Topliss-reactive ketones (excluding diaryl/α,β-unsaturated/α-hetero) is 1. The van der Waals surface area contributed by atoms with Gasteiger partial charge in [-0.2, -0.15) is 0 Å². The summed E-state index contributed by atoms with van der Waals surface area (Å²) in [6.07, 6.45) is -0.292. The summed E-state index contributed by atoms with van der Waals surface area (Å²) in [5.74, 6) is 1.28. The van der Waals surface area contributed by atoms with Gasteiger partial charge in [-0.3, -0.25) is 9.59 Å². The Labute approximate surface area is 193 Å². The van der Waals surface area contributed by atoms with Gasteiger partial charge < -0.3 is 19.5 Å². The zero-order chi connectivity index (χ0) is 22.7. The number of rotatable bonds is 7. The fraction of sp³-hybridized carbons (Fsp3) is 0.364. The molecule has 1 fully saturated rings. The number of nitrogens with zero attached hydrogens (tertiary/aromatic N) is 3. The molecule has 1 aromatic carbocycles. The number of morpholine rings is 1. The second-order valence-corrected chi connectivity index (χ2v) is 9.31. The van der Waals surface area contributed by atoms with Crippen LogP contribution >= 0.6 is 23.1 Å². The van der Waals surface area contributed by atoms with Gasteiger partial charge in [-0.15, -0.1) is 11.3 Å². The highest BCUT2D eigenvalue weighted by Crippen LogP contribution is 2.32. The number of hydrogen-bond acceptors (Lipinski definition) is 9. The van der Waals surface area contributed by atoms with Crippen molar-refractivity contribution in [3.05, 3.63) is 45.9 Å². The molecule has 1 saturated heterocycles. The van der Waals surface area contributed by atoms with Gasteiger partial charge in [0.1, 0.15) is 29.3 Å². The molecular formula is C22H23N3O5S2. The number of aromatic nitrogens is 2. The maximum absolute atomic E-state index is 12.9. The molecule has 0 radical (unpaired) electrons. The van der Waals surface area contributed by atoms with Crippen molar-refractivity contribution in [1.29, 1.82) is 0 Å². The standard InChI is InChI=1S/C22H23N3O5S2/c1-13-23-16-4-3-14(29-2)9-15(16)22(24-13)31-12-17(27)19-5-6-20(32-19)18-10-25(7-8-30-18)21(28)11-26/h3-6,9,18,26H,7-8,10-12H2,1-2H3. The first-order valence-electron chi connectivity index (χ1n) is 10.1. The monoisotopic (exact) mass is 473 g/mol. The van der Waals surface area contributed by atoms with Crippen molar-refractivity contribution in [3.8, 4) is 5.75 Å². The van der Waals surface area contributed by atoms with E-state index in [0.29, 0.717) is 36.1 Å². The minimum absolute atomic E-state index is 0.00217. The lowest BCUT2D eigenvalue weighted by atomic mass is 10.2. The van der Waals surface area contributed by atoms with Gasteiger partial charge in [-0.05, 0) is 37.3 Å². The van der Waals surface area contributed by atoms with Crippen molar-refractivity contribution in [2.75, 3.05) is 39.2 Å². The first kappa shape index (κ1) is 22.7. The number of ether oxygens (including phenoxy) is 2. The number of aliphatic hydroxyl groups excluding tert-OH is 1. The van der Waals surface area contributed by atoms with Crippen molar-refractivity contribution in [2.45, 2.75) is 18.1 Å². The predicted octanol–water partition coefficient (Wildman–Crippen LogP) is 2.88. The smallest absolute Gasteiger partial charge is 0.248 e. The van der Waals surface area contributed by atoms with Gasteiger partial charge in [0.25, 0.3) is 0 Å². The van der Waals surface area contributed by atoms with Crippen LogP contribution in [0, 0.1) is 6.92 Å². The van der Waals surface area contributed by atoms with E-state index in [1.165, 1.54) is 23.1 Å². The van der Waals surface area contributed by atoms with Crippen LogP contribution in [0.5, 0.6) is 5.75 Å². The van der Waals surface area contributed by atoms with Crippen LogP contribution in [0.15, 0.2) is 35.4 Å². The molecule has 1 atom stereocenters. The zero-order valence-electron chi connectivity index (χ0n) is 17.7. The molecule has 1 N–H and O–H groups in total. The van der Waals surface area contributed by atoms with E-state index in [-0.39, 0.29) is 23.5 Å². The number of aryl methyl sites for hydroxylation is 1. The molecule has 1 unspecified atom stereocenters. The molecule has 10 heteroatoms. The number of carbonyl (C=O) groups is 2. The van der Waals surface area contributed by atoms with E-state index in [9.17, 15) is 9.59 Å². The van der Waals surface area contributed by atoms with Crippen LogP contribution in [-0.2, 0) is 9.53 Å². The minimum Gasteiger partial charge on any atom is -0.497 e. The number of benzene rings is 1. The van der Waals surface area contributed by atoms with Crippen molar-refractivity contribution in [3.63, 3.8) is 0 Å². The van der Waals surface area contributed by atoms with E-state index in [1.54, 1.807) is 18.1 Å². The third kappa shape index (κ3) is 4.93. The zero-order valence-corrected chi connectivity index (χ0v) is 19.4. The summed E-state index contributed by atoms with van der Waals surface area (Å²) < 4.78 is 11.1. The van der Waals surface area contributed by atoms with E-state index in [0.717, 1.165) is 20.8 Å². The molecule has 8 nitrogen and oxygen atoms in total. The molecule has 0 aliphatic carbocycles. The van der Waals surface area contributed by atoms with Crippen LogP contribution in [0.25, 0.3) is 10.9 Å². The van der Waals surface area contributed by atoms with Crippen molar-refractivity contribution >= 4 is 45.7 Å². The Morgan fingerprint density at radius 1 is 1.31 bits per heavy atom. The molecule has 1 aliphatic rings. The van der Waals surface area contributed by atoms with Gasteiger partial charge in [0.2, 0.25) is 5.91 Å². The van der Waals surface area contributed by atoms with Gasteiger partial charge in [0.15, 0.2) is 5.78 Å². The SMILES string of the molecule is COc1ccc2nc(C)nc(SCC(=O)c3ccc(C4CN(C(=O)CO)CCO4)s3)c2c1. The normalized spacial score (nSPS) is 16.3. The van der Waals surface area contributed by atoms with Crippen molar-refractivity contribution in [2.24, 2.45) is 0 Å². The molecule has 2 aromatic heterocycles. The van der Waals surface area contributed by atoms with Crippen molar-refractivity contribution < 1.29 is 24.2 Å². The van der Waals surface area contributed by atoms with E-state index < -0.39 is 6.61 Å². The van der Waals surface area contributed by atoms with Gasteiger partial charge in [0.05, 0.1) is 36.4 Å². The second kappa shape index (κ2) is 9.95. The molecule has 32 heavy (non-hydrogen) atoms. The number of thiophene rings is 1. The highest BCUT2D eigenvalue weighted by molar-refractivity contribution is 8.00. The molecular weight excluding hydrogens is 450 g/mol. The fourth-order valence-corrected chi connectivity index (χ4v) is 5.47. The Hall–Kier alpha value is -2.53. The number of carbonyl (C=O) groups excluding carboxylic acids is 2. The molecule has 0 saturated carbocycles. The largest absolute Gasteiger partial charge is 0.497 e. The molecule has 1 amide bonds. The number of amides is 1.